The van der Waals surface area contributed by atoms with Crippen molar-refractivity contribution in [2.45, 2.75) is 45.4 Å². The average Bonchev–Trinajstić information content (AvgIpc) is 3.56. The van der Waals surface area contributed by atoms with E-state index in [0.717, 1.165) is 37.4 Å². The molecule has 0 spiro atoms. The van der Waals surface area contributed by atoms with Crippen molar-refractivity contribution in [3.05, 3.63) is 83.6 Å². The van der Waals surface area contributed by atoms with Crippen LogP contribution in [0.5, 0.6) is 0 Å². The maximum atomic E-state index is 13.6. The van der Waals surface area contributed by atoms with Gasteiger partial charge in [0.25, 0.3) is 5.91 Å². The summed E-state index contributed by atoms with van der Waals surface area (Å²) in [5.41, 5.74) is 4.61. The minimum atomic E-state index is 0.179. The van der Waals surface area contributed by atoms with E-state index in [-0.39, 0.29) is 5.91 Å². The third-order valence-corrected chi connectivity index (χ3v) is 7.50. The Labute approximate surface area is 191 Å². The van der Waals surface area contributed by atoms with Gasteiger partial charge in [0.1, 0.15) is 0 Å². The van der Waals surface area contributed by atoms with Gasteiger partial charge in [-0.25, -0.2) is 0 Å². The second kappa shape index (κ2) is 9.36. The lowest BCUT2D eigenvalue weighted by Gasteiger charge is -2.29. The molecule has 1 aromatic heterocycles. The molecule has 2 aromatic carbocycles. The summed E-state index contributed by atoms with van der Waals surface area (Å²) in [6.45, 7) is 3.84. The second-order valence-electron chi connectivity index (χ2n) is 9.70. The highest BCUT2D eigenvalue weighted by Crippen LogP contribution is 2.43. The van der Waals surface area contributed by atoms with Gasteiger partial charge in [-0.1, -0.05) is 55.8 Å². The molecule has 3 heteroatoms. The molecular weight excluding hydrogens is 392 g/mol. The molecule has 0 saturated heterocycles. The predicted octanol–water partition coefficient (Wildman–Crippen LogP) is 6.41. The third-order valence-electron chi connectivity index (χ3n) is 7.50. The summed E-state index contributed by atoms with van der Waals surface area (Å²) < 4.78 is 0. The average molecular weight is 427 g/mol. The molecule has 3 unspecified atom stereocenters. The van der Waals surface area contributed by atoms with Crippen molar-refractivity contribution < 1.29 is 4.79 Å². The summed E-state index contributed by atoms with van der Waals surface area (Å²) in [6, 6.07) is 16.8. The molecule has 0 radical (unpaired) electrons. The van der Waals surface area contributed by atoms with E-state index in [1.54, 1.807) is 0 Å². The normalized spacial score (nSPS) is 21.5. The van der Waals surface area contributed by atoms with Crippen molar-refractivity contribution in [2.24, 2.45) is 17.8 Å². The highest BCUT2D eigenvalue weighted by molar-refractivity contribution is 5.94. The van der Waals surface area contributed by atoms with Crippen LogP contribution < -0.4 is 0 Å². The number of hydrogen-bond donors (Lipinski definition) is 1. The van der Waals surface area contributed by atoms with Gasteiger partial charge >= 0.3 is 0 Å². The van der Waals surface area contributed by atoms with Crippen LogP contribution in [0.15, 0.2) is 66.9 Å². The van der Waals surface area contributed by atoms with Gasteiger partial charge in [-0.3, -0.25) is 4.79 Å². The first-order valence-electron chi connectivity index (χ1n) is 12.3. The number of rotatable bonds is 9. The topological polar surface area (TPSA) is 36.1 Å². The minimum absolute atomic E-state index is 0.179. The van der Waals surface area contributed by atoms with Crippen LogP contribution in [0.4, 0.5) is 0 Å². The van der Waals surface area contributed by atoms with Gasteiger partial charge < -0.3 is 9.88 Å². The Kier molecular flexibility index (Phi) is 6.16. The zero-order valence-electron chi connectivity index (χ0n) is 19.1. The number of fused-ring (bicyclic) bond motifs is 3. The number of nitrogens with zero attached hydrogens (tertiary/aromatic N) is 1. The van der Waals surface area contributed by atoms with E-state index >= 15 is 0 Å². The Morgan fingerprint density at radius 2 is 1.88 bits per heavy atom. The molecule has 3 atom stereocenters. The lowest BCUT2D eigenvalue weighted by atomic mass is 9.92. The number of allylic oxidation sites excluding steroid dienone is 2. The summed E-state index contributed by atoms with van der Waals surface area (Å²) in [7, 11) is 0. The summed E-state index contributed by atoms with van der Waals surface area (Å²) >= 11 is 0. The molecule has 32 heavy (non-hydrogen) atoms. The highest BCUT2D eigenvalue weighted by atomic mass is 16.2. The molecule has 1 N–H and O–H groups in total. The Morgan fingerprint density at radius 1 is 1.03 bits per heavy atom. The lowest BCUT2D eigenvalue weighted by molar-refractivity contribution is 0.0721. The minimum Gasteiger partial charge on any atom is -0.361 e. The fraction of sp³-hybridized carbons (Fsp3) is 0.414. The summed E-state index contributed by atoms with van der Waals surface area (Å²) in [6.07, 6.45) is 13.7. The number of aromatic nitrogens is 1. The summed E-state index contributed by atoms with van der Waals surface area (Å²) in [5.74, 6) is 2.16. The largest absolute Gasteiger partial charge is 0.361 e. The maximum absolute atomic E-state index is 13.6. The first kappa shape index (κ1) is 21.1. The Balaban J connectivity index is 1.32. The SMILES string of the molecule is CCCCc1ccc(C(=O)N(CCc2c[nH]c3ccccc23)CC2CC3C=CC2C3)cc1. The van der Waals surface area contributed by atoms with E-state index in [2.05, 4.69) is 71.6 Å². The van der Waals surface area contributed by atoms with Crippen molar-refractivity contribution in [3.8, 4) is 0 Å². The Bertz CT molecular complexity index is 1090. The standard InChI is InChI=1S/C29H34N2O/c1-2-3-6-21-9-12-23(13-10-21)29(32)31(20-26-18-22-11-14-24(26)17-22)16-15-25-19-30-28-8-5-4-7-27(25)28/h4-5,7-14,19,22,24,26,30H,2-3,6,15-18,20H2,1H3. The van der Waals surface area contributed by atoms with Gasteiger partial charge in [-0.2, -0.15) is 0 Å². The number of aromatic amines is 1. The molecule has 5 rings (SSSR count). The van der Waals surface area contributed by atoms with Crippen molar-refractivity contribution in [3.63, 3.8) is 0 Å². The number of H-pyrrole nitrogens is 1. The maximum Gasteiger partial charge on any atom is 0.253 e. The molecule has 2 aliphatic rings. The van der Waals surface area contributed by atoms with Gasteiger partial charge in [0.2, 0.25) is 0 Å². The van der Waals surface area contributed by atoms with Gasteiger partial charge in [-0.15, -0.1) is 0 Å². The van der Waals surface area contributed by atoms with Crippen molar-refractivity contribution in [1.82, 2.24) is 9.88 Å². The number of hydrogen-bond acceptors (Lipinski definition) is 1. The van der Waals surface area contributed by atoms with E-state index in [4.69, 9.17) is 0 Å². The number of carbonyl (C=O) groups is 1. The summed E-state index contributed by atoms with van der Waals surface area (Å²) in [5, 5.41) is 1.27. The van der Waals surface area contributed by atoms with Crippen molar-refractivity contribution in [2.75, 3.05) is 13.1 Å². The van der Waals surface area contributed by atoms with Crippen molar-refractivity contribution >= 4 is 16.8 Å². The van der Waals surface area contributed by atoms with Crippen LogP contribution in [0.25, 0.3) is 10.9 Å². The van der Waals surface area contributed by atoms with Crippen LogP contribution >= 0.6 is 0 Å². The Morgan fingerprint density at radius 3 is 2.62 bits per heavy atom. The summed E-state index contributed by atoms with van der Waals surface area (Å²) in [4.78, 5) is 19.1. The van der Waals surface area contributed by atoms with Gasteiger partial charge in [-0.05, 0) is 79.2 Å². The molecule has 2 aliphatic carbocycles. The number of nitrogens with one attached hydrogen (secondary N) is 1. The second-order valence-corrected chi connectivity index (χ2v) is 9.70. The van der Waals surface area contributed by atoms with E-state index in [0.29, 0.717) is 11.8 Å². The third kappa shape index (κ3) is 4.39. The van der Waals surface area contributed by atoms with E-state index < -0.39 is 0 Å². The van der Waals surface area contributed by atoms with E-state index in [1.165, 1.54) is 47.7 Å². The fourth-order valence-electron chi connectivity index (χ4n) is 5.63. The van der Waals surface area contributed by atoms with Crippen LogP contribution in [0.1, 0.15) is 54.1 Å². The fourth-order valence-corrected chi connectivity index (χ4v) is 5.63. The van der Waals surface area contributed by atoms with Crippen LogP contribution in [0, 0.1) is 17.8 Å². The molecule has 2 bridgehead atoms. The lowest BCUT2D eigenvalue weighted by Crippen LogP contribution is -2.38. The van der Waals surface area contributed by atoms with Crippen LogP contribution in [0.3, 0.4) is 0 Å². The van der Waals surface area contributed by atoms with Crippen LogP contribution in [-0.4, -0.2) is 28.9 Å². The number of para-hydroxylation sites is 1. The number of carbonyl (C=O) groups excluding carboxylic acids is 1. The molecule has 3 nitrogen and oxygen atoms in total. The monoisotopic (exact) mass is 426 g/mol. The smallest absolute Gasteiger partial charge is 0.253 e. The molecule has 1 saturated carbocycles. The van der Waals surface area contributed by atoms with Gasteiger partial charge in [0, 0.05) is 35.8 Å². The molecule has 0 aliphatic heterocycles. The number of amides is 1. The van der Waals surface area contributed by atoms with E-state index in [1.807, 2.05) is 12.1 Å². The zero-order valence-corrected chi connectivity index (χ0v) is 19.1. The van der Waals surface area contributed by atoms with Crippen LogP contribution in [-0.2, 0) is 12.8 Å². The molecule has 1 heterocycles. The first-order valence-corrected chi connectivity index (χ1v) is 12.3. The molecular formula is C29H34N2O. The van der Waals surface area contributed by atoms with E-state index in [9.17, 15) is 4.79 Å². The zero-order chi connectivity index (χ0) is 21.9. The quantitative estimate of drug-likeness (QED) is 0.394. The molecule has 3 aromatic rings. The van der Waals surface area contributed by atoms with Crippen LogP contribution in [0.2, 0.25) is 0 Å². The molecule has 1 fully saturated rings. The predicted molar refractivity (Wildman–Crippen MR) is 132 cm³/mol. The highest BCUT2D eigenvalue weighted by Gasteiger charge is 2.37. The number of benzene rings is 2. The molecule has 1 amide bonds. The van der Waals surface area contributed by atoms with Gasteiger partial charge in [0.15, 0.2) is 0 Å². The Hall–Kier alpha value is -2.81. The molecule has 166 valence electrons. The van der Waals surface area contributed by atoms with Crippen molar-refractivity contribution in [1.29, 1.82) is 0 Å². The number of aryl methyl sites for hydroxylation is 1. The first-order chi connectivity index (χ1) is 15.7. The number of unbranched alkanes of at least 4 members (excludes halogenated alkanes) is 1. The van der Waals surface area contributed by atoms with Gasteiger partial charge in [0.05, 0.1) is 0 Å².